The number of amides is 2. The minimum absolute atomic E-state index is 0.271. The third-order valence-corrected chi connectivity index (χ3v) is 5.06. The topological polar surface area (TPSA) is 69.6 Å². The first-order chi connectivity index (χ1) is 11.9. The van der Waals surface area contributed by atoms with Crippen molar-refractivity contribution in [2.24, 2.45) is 17.8 Å². The highest BCUT2D eigenvalue weighted by molar-refractivity contribution is 5.78. The average Bonchev–Trinajstić information content (AvgIpc) is 2.93. The maximum Gasteiger partial charge on any atom is 0.394 e. The number of nitrogens with zero attached hydrogens (tertiary/aromatic N) is 1. The second-order valence-corrected chi connectivity index (χ2v) is 6.92. The Morgan fingerprint density at radius 2 is 1.65 bits per heavy atom. The van der Waals surface area contributed by atoms with Gasteiger partial charge in [-0.1, -0.05) is 12.8 Å². The summed E-state index contributed by atoms with van der Waals surface area (Å²) in [4.78, 5) is 24.0. The van der Waals surface area contributed by atoms with Crippen molar-refractivity contribution in [3.8, 4) is 0 Å². The van der Waals surface area contributed by atoms with Crippen molar-refractivity contribution in [3.05, 3.63) is 0 Å². The van der Waals surface area contributed by atoms with Crippen LogP contribution in [0, 0.1) is 17.8 Å². The molecule has 1 aliphatic heterocycles. The van der Waals surface area contributed by atoms with Crippen molar-refractivity contribution >= 4 is 12.0 Å². The van der Waals surface area contributed by atoms with Gasteiger partial charge in [-0.25, -0.2) is 4.79 Å². The van der Waals surface area contributed by atoms with Crippen LogP contribution >= 0.6 is 0 Å². The lowest BCUT2D eigenvalue weighted by molar-refractivity contribution is -0.187. The Labute approximate surface area is 145 Å². The summed E-state index contributed by atoms with van der Waals surface area (Å²) in [6.07, 6.45) is -8.45. The van der Waals surface area contributed by atoms with E-state index in [-0.39, 0.29) is 6.42 Å². The van der Waals surface area contributed by atoms with Crippen molar-refractivity contribution in [1.29, 1.82) is 0 Å². The van der Waals surface area contributed by atoms with Gasteiger partial charge in [-0.05, 0) is 18.8 Å². The van der Waals surface area contributed by atoms with Gasteiger partial charge in [0.05, 0.1) is 11.8 Å². The number of hydrogen-bond donors (Lipinski definition) is 2. The van der Waals surface area contributed by atoms with E-state index < -0.39 is 67.7 Å². The molecule has 2 amide bonds. The van der Waals surface area contributed by atoms with Crippen LogP contribution in [0.2, 0.25) is 0 Å². The molecule has 1 saturated carbocycles. The number of carbonyl (C=O) groups excluding carboxylic acids is 1. The summed E-state index contributed by atoms with van der Waals surface area (Å²) in [7, 11) is 0. The summed E-state index contributed by atoms with van der Waals surface area (Å²) >= 11 is 0. The highest BCUT2D eigenvalue weighted by atomic mass is 19.4. The van der Waals surface area contributed by atoms with Gasteiger partial charge >= 0.3 is 24.4 Å². The highest BCUT2D eigenvalue weighted by Crippen LogP contribution is 2.38. The van der Waals surface area contributed by atoms with E-state index in [4.69, 9.17) is 5.11 Å². The molecule has 2 aliphatic rings. The monoisotopic (exact) mass is 390 g/mol. The van der Waals surface area contributed by atoms with Gasteiger partial charge < -0.3 is 15.3 Å². The molecule has 0 aromatic rings. The number of carbonyl (C=O) groups is 2. The Kier molecular flexibility index (Phi) is 5.96. The summed E-state index contributed by atoms with van der Waals surface area (Å²) in [5.41, 5.74) is 0. The molecule has 1 saturated heterocycles. The van der Waals surface area contributed by atoms with Crippen LogP contribution in [0.25, 0.3) is 0 Å². The van der Waals surface area contributed by atoms with E-state index >= 15 is 0 Å². The van der Waals surface area contributed by atoms with Gasteiger partial charge in [0.15, 0.2) is 0 Å². The van der Waals surface area contributed by atoms with E-state index in [1.54, 1.807) is 0 Å². The normalized spacial score (nSPS) is 30.3. The number of hydrogen-bond acceptors (Lipinski definition) is 2. The number of urea groups is 1. The smallest absolute Gasteiger partial charge is 0.394 e. The fourth-order valence-electron chi connectivity index (χ4n) is 3.74. The molecule has 4 atom stereocenters. The molecule has 2 N–H and O–H groups in total. The summed E-state index contributed by atoms with van der Waals surface area (Å²) in [5, 5.41) is 11.3. The number of likely N-dealkylation sites (tertiary alicyclic amines) is 1. The molecule has 0 radical (unpaired) electrons. The molecule has 0 aromatic heterocycles. The van der Waals surface area contributed by atoms with Crippen LogP contribution in [0.3, 0.4) is 0 Å². The van der Waals surface area contributed by atoms with Crippen molar-refractivity contribution in [2.75, 3.05) is 13.1 Å². The Balaban J connectivity index is 2.03. The standard InChI is InChI=1S/C15H20F6N2O3/c16-14(17,18)5-8-3-1-2-4-11(8)22-13(26)23-6-9(12(24)25)10(7-23)15(19,20)21/h8-11H,1-7H2,(H,22,26)(H,24,25)/t8-,9+,10+,11-/m0/s1. The molecule has 1 heterocycles. The van der Waals surface area contributed by atoms with Crippen LogP contribution in [0.5, 0.6) is 0 Å². The zero-order valence-electron chi connectivity index (χ0n) is 13.7. The zero-order chi connectivity index (χ0) is 19.7. The number of carboxylic acids is 1. The van der Waals surface area contributed by atoms with Gasteiger partial charge in [0.1, 0.15) is 0 Å². The van der Waals surface area contributed by atoms with Crippen LogP contribution in [-0.4, -0.2) is 53.5 Å². The fourth-order valence-corrected chi connectivity index (χ4v) is 3.74. The molecule has 11 heteroatoms. The van der Waals surface area contributed by atoms with Gasteiger partial charge in [-0.15, -0.1) is 0 Å². The minimum atomic E-state index is -4.78. The number of alkyl halides is 6. The Bertz CT molecular complexity index is 536. The van der Waals surface area contributed by atoms with Crippen molar-refractivity contribution in [1.82, 2.24) is 10.2 Å². The van der Waals surface area contributed by atoms with Gasteiger partial charge in [0.25, 0.3) is 0 Å². The van der Waals surface area contributed by atoms with Crippen LogP contribution in [-0.2, 0) is 4.79 Å². The number of rotatable bonds is 3. The fraction of sp³-hybridized carbons (Fsp3) is 0.867. The Hall–Kier alpha value is -1.68. The van der Waals surface area contributed by atoms with Crippen molar-refractivity contribution in [2.45, 2.75) is 50.5 Å². The summed E-state index contributed by atoms with van der Waals surface area (Å²) in [6.45, 7) is -1.44. The van der Waals surface area contributed by atoms with Gasteiger partial charge in [0.2, 0.25) is 0 Å². The van der Waals surface area contributed by atoms with Gasteiger partial charge in [-0.2, -0.15) is 26.3 Å². The van der Waals surface area contributed by atoms with Crippen LogP contribution in [0.4, 0.5) is 31.1 Å². The maximum absolute atomic E-state index is 13.0. The first-order valence-corrected chi connectivity index (χ1v) is 8.30. The summed E-state index contributed by atoms with van der Waals surface area (Å²) < 4.78 is 76.9. The molecule has 2 rings (SSSR count). The number of aliphatic carboxylic acids is 1. The molecule has 1 aliphatic carbocycles. The highest BCUT2D eigenvalue weighted by Gasteiger charge is 2.53. The van der Waals surface area contributed by atoms with E-state index in [1.807, 2.05) is 0 Å². The lowest BCUT2D eigenvalue weighted by atomic mass is 9.82. The number of nitrogens with one attached hydrogen (secondary N) is 1. The van der Waals surface area contributed by atoms with E-state index in [2.05, 4.69) is 5.32 Å². The number of carboxylic acid groups (broad SMARTS) is 1. The average molecular weight is 390 g/mol. The maximum atomic E-state index is 13.0. The molecule has 150 valence electrons. The molecule has 0 aromatic carbocycles. The molecular formula is C15H20F6N2O3. The largest absolute Gasteiger partial charge is 0.481 e. The van der Waals surface area contributed by atoms with Gasteiger partial charge in [-0.3, -0.25) is 4.79 Å². The molecule has 2 fully saturated rings. The quantitative estimate of drug-likeness (QED) is 0.726. The van der Waals surface area contributed by atoms with Crippen LogP contribution < -0.4 is 5.32 Å². The second-order valence-electron chi connectivity index (χ2n) is 6.92. The first-order valence-electron chi connectivity index (χ1n) is 8.30. The SMILES string of the molecule is O=C(O)[C@@H]1CN(C(=O)N[C@H]2CCCC[C@H]2CC(F)(F)F)C[C@H]1C(F)(F)F. The molecule has 0 spiro atoms. The first kappa shape index (κ1) is 20.6. The zero-order valence-corrected chi connectivity index (χ0v) is 13.7. The minimum Gasteiger partial charge on any atom is -0.481 e. The van der Waals surface area contributed by atoms with E-state index in [0.717, 1.165) is 4.90 Å². The predicted octanol–water partition coefficient (Wildman–Crippen LogP) is 3.40. The van der Waals surface area contributed by atoms with Crippen LogP contribution in [0.15, 0.2) is 0 Å². The van der Waals surface area contributed by atoms with Crippen molar-refractivity contribution < 1.29 is 41.0 Å². The Morgan fingerprint density at radius 1 is 1.04 bits per heavy atom. The molecule has 0 bridgehead atoms. The summed E-state index contributed by atoms with van der Waals surface area (Å²) in [6, 6.07) is -1.73. The van der Waals surface area contributed by atoms with Crippen molar-refractivity contribution in [3.63, 3.8) is 0 Å². The molecular weight excluding hydrogens is 370 g/mol. The third kappa shape index (κ3) is 5.16. The molecule has 5 nitrogen and oxygen atoms in total. The lowest BCUT2D eigenvalue weighted by Crippen LogP contribution is -2.49. The second kappa shape index (κ2) is 7.51. The molecule has 0 unspecified atom stereocenters. The predicted molar refractivity (Wildman–Crippen MR) is 77.2 cm³/mol. The Morgan fingerprint density at radius 3 is 2.15 bits per heavy atom. The lowest BCUT2D eigenvalue weighted by Gasteiger charge is -2.34. The van der Waals surface area contributed by atoms with Gasteiger partial charge in [0, 0.05) is 25.6 Å². The molecule has 26 heavy (non-hydrogen) atoms. The van der Waals surface area contributed by atoms with E-state index in [0.29, 0.717) is 19.3 Å². The van der Waals surface area contributed by atoms with Crippen LogP contribution in [0.1, 0.15) is 32.1 Å². The summed E-state index contributed by atoms with van der Waals surface area (Å²) in [5.74, 6) is -6.46. The third-order valence-electron chi connectivity index (χ3n) is 5.06. The van der Waals surface area contributed by atoms with E-state index in [1.165, 1.54) is 0 Å². The number of halogens is 6. The van der Waals surface area contributed by atoms with E-state index in [9.17, 15) is 35.9 Å².